The molecule has 0 heterocycles. The van der Waals surface area contributed by atoms with E-state index in [1.807, 2.05) is 33.1 Å². The number of urea groups is 1. The van der Waals surface area contributed by atoms with Gasteiger partial charge in [-0.25, -0.2) is 9.18 Å². The fraction of sp³-hybridized carbons (Fsp3) is 0.316. The number of hydrogen-bond donors (Lipinski definition) is 2. The van der Waals surface area contributed by atoms with Crippen LogP contribution in [0, 0.1) is 5.82 Å². The van der Waals surface area contributed by atoms with E-state index in [0.29, 0.717) is 12.2 Å². The number of carbonyl (C=O) groups is 1. The van der Waals surface area contributed by atoms with Gasteiger partial charge in [0, 0.05) is 32.0 Å². The molecule has 2 amide bonds. The van der Waals surface area contributed by atoms with Crippen LogP contribution >= 0.6 is 0 Å². The van der Waals surface area contributed by atoms with Crippen molar-refractivity contribution in [1.82, 2.24) is 10.2 Å². The number of amides is 2. The Morgan fingerprint density at radius 2 is 1.60 bits per heavy atom. The average molecular weight is 344 g/mol. The summed E-state index contributed by atoms with van der Waals surface area (Å²) in [5.41, 5.74) is 2.80. The van der Waals surface area contributed by atoms with Crippen LogP contribution in [0.15, 0.2) is 48.5 Å². The SMILES string of the molecule is CN(C)c1ccc(C(CNC(=O)Nc2ccc(F)cc2)N(C)C)cc1. The number of hydrogen-bond acceptors (Lipinski definition) is 3. The van der Waals surface area contributed by atoms with Crippen molar-refractivity contribution < 1.29 is 9.18 Å². The van der Waals surface area contributed by atoms with Gasteiger partial charge in [-0.15, -0.1) is 0 Å². The van der Waals surface area contributed by atoms with Crippen molar-refractivity contribution >= 4 is 17.4 Å². The monoisotopic (exact) mass is 344 g/mol. The Morgan fingerprint density at radius 1 is 1.00 bits per heavy atom. The Kier molecular flexibility index (Phi) is 6.36. The van der Waals surface area contributed by atoms with Gasteiger partial charge in [-0.1, -0.05) is 12.1 Å². The molecule has 25 heavy (non-hydrogen) atoms. The van der Waals surface area contributed by atoms with Crippen molar-refractivity contribution in [3.63, 3.8) is 0 Å². The molecule has 6 heteroatoms. The van der Waals surface area contributed by atoms with Crippen LogP contribution in [0.3, 0.4) is 0 Å². The zero-order valence-electron chi connectivity index (χ0n) is 15.1. The second-order valence-corrected chi connectivity index (χ2v) is 6.31. The van der Waals surface area contributed by atoms with Crippen molar-refractivity contribution in [1.29, 1.82) is 0 Å². The lowest BCUT2D eigenvalue weighted by molar-refractivity contribution is 0.243. The van der Waals surface area contributed by atoms with E-state index in [1.54, 1.807) is 0 Å². The molecule has 0 aliphatic rings. The third kappa shape index (κ3) is 5.46. The molecule has 2 N–H and O–H groups in total. The van der Waals surface area contributed by atoms with E-state index in [1.165, 1.54) is 24.3 Å². The zero-order valence-corrected chi connectivity index (χ0v) is 15.1. The molecular weight excluding hydrogens is 319 g/mol. The molecule has 0 saturated carbocycles. The van der Waals surface area contributed by atoms with Gasteiger partial charge in [-0.3, -0.25) is 0 Å². The lowest BCUT2D eigenvalue weighted by atomic mass is 10.1. The minimum absolute atomic E-state index is 0.0511. The van der Waals surface area contributed by atoms with Gasteiger partial charge < -0.3 is 20.4 Å². The van der Waals surface area contributed by atoms with Gasteiger partial charge in [0.25, 0.3) is 0 Å². The molecule has 1 unspecified atom stereocenters. The maximum absolute atomic E-state index is 12.9. The Bertz CT molecular complexity index is 684. The summed E-state index contributed by atoms with van der Waals surface area (Å²) >= 11 is 0. The molecule has 0 saturated heterocycles. The standard InChI is InChI=1S/C19H25FN4O/c1-23(2)17-11-5-14(6-12-17)18(24(3)4)13-21-19(25)22-16-9-7-15(20)8-10-16/h5-12,18H,13H2,1-4H3,(H2,21,22,25). The normalized spacial score (nSPS) is 11.9. The second kappa shape index (κ2) is 8.48. The fourth-order valence-electron chi connectivity index (χ4n) is 2.49. The van der Waals surface area contributed by atoms with Crippen molar-refractivity contribution in [2.75, 3.05) is 45.0 Å². The summed E-state index contributed by atoms with van der Waals surface area (Å²) in [6.45, 7) is 0.460. The molecule has 2 rings (SSSR count). The van der Waals surface area contributed by atoms with Crippen LogP contribution in [0.4, 0.5) is 20.6 Å². The van der Waals surface area contributed by atoms with Crippen LogP contribution in [0.1, 0.15) is 11.6 Å². The highest BCUT2D eigenvalue weighted by molar-refractivity contribution is 5.89. The van der Waals surface area contributed by atoms with Crippen molar-refractivity contribution in [2.45, 2.75) is 6.04 Å². The number of likely N-dealkylation sites (N-methyl/N-ethyl adjacent to an activating group) is 1. The second-order valence-electron chi connectivity index (χ2n) is 6.31. The van der Waals surface area contributed by atoms with Gasteiger partial charge in [-0.2, -0.15) is 0 Å². The Hall–Kier alpha value is -2.60. The lowest BCUT2D eigenvalue weighted by Gasteiger charge is -2.26. The number of halogens is 1. The topological polar surface area (TPSA) is 47.6 Å². The quantitative estimate of drug-likeness (QED) is 0.845. The van der Waals surface area contributed by atoms with Gasteiger partial charge in [0.15, 0.2) is 0 Å². The van der Waals surface area contributed by atoms with Gasteiger partial charge in [0.2, 0.25) is 0 Å². The minimum Gasteiger partial charge on any atom is -0.378 e. The van der Waals surface area contributed by atoms with E-state index < -0.39 is 0 Å². The molecule has 0 aliphatic carbocycles. The number of nitrogens with one attached hydrogen (secondary N) is 2. The van der Waals surface area contributed by atoms with Crippen LogP contribution in [0.25, 0.3) is 0 Å². The Balaban J connectivity index is 1.96. The van der Waals surface area contributed by atoms with Crippen molar-refractivity contribution in [3.05, 3.63) is 59.9 Å². The first-order valence-corrected chi connectivity index (χ1v) is 8.11. The number of benzene rings is 2. The fourth-order valence-corrected chi connectivity index (χ4v) is 2.49. The zero-order chi connectivity index (χ0) is 18.4. The Labute approximate surface area is 148 Å². The molecule has 0 bridgehead atoms. The third-order valence-corrected chi connectivity index (χ3v) is 3.98. The largest absolute Gasteiger partial charge is 0.378 e. The van der Waals surface area contributed by atoms with E-state index in [4.69, 9.17) is 0 Å². The highest BCUT2D eigenvalue weighted by Gasteiger charge is 2.15. The van der Waals surface area contributed by atoms with Gasteiger partial charge in [-0.05, 0) is 56.1 Å². The minimum atomic E-state index is -0.334. The molecule has 0 radical (unpaired) electrons. The van der Waals surface area contributed by atoms with Gasteiger partial charge in [0.1, 0.15) is 5.82 Å². The van der Waals surface area contributed by atoms with E-state index in [9.17, 15) is 9.18 Å². The number of anilines is 2. The molecule has 5 nitrogen and oxygen atoms in total. The number of nitrogens with zero attached hydrogens (tertiary/aromatic N) is 2. The molecule has 0 aromatic heterocycles. The summed E-state index contributed by atoms with van der Waals surface area (Å²) in [6, 6.07) is 13.7. The third-order valence-electron chi connectivity index (χ3n) is 3.98. The summed E-state index contributed by atoms with van der Waals surface area (Å²) < 4.78 is 12.9. The summed E-state index contributed by atoms with van der Waals surface area (Å²) in [7, 11) is 7.95. The highest BCUT2D eigenvalue weighted by Crippen LogP contribution is 2.21. The maximum atomic E-state index is 12.9. The van der Waals surface area contributed by atoms with E-state index >= 15 is 0 Å². The molecule has 1 atom stereocenters. The van der Waals surface area contributed by atoms with Crippen LogP contribution < -0.4 is 15.5 Å². The predicted molar refractivity (Wildman–Crippen MR) is 101 cm³/mol. The van der Waals surface area contributed by atoms with Crippen molar-refractivity contribution in [2.24, 2.45) is 0 Å². The first-order chi connectivity index (χ1) is 11.9. The first kappa shape index (κ1) is 18.7. The van der Waals surface area contributed by atoms with Crippen molar-refractivity contribution in [3.8, 4) is 0 Å². The average Bonchev–Trinajstić information content (AvgIpc) is 2.57. The maximum Gasteiger partial charge on any atom is 0.319 e. The summed E-state index contributed by atoms with van der Waals surface area (Å²) in [4.78, 5) is 16.2. The number of rotatable bonds is 6. The summed E-state index contributed by atoms with van der Waals surface area (Å²) in [5.74, 6) is -0.334. The van der Waals surface area contributed by atoms with Gasteiger partial charge >= 0.3 is 6.03 Å². The molecule has 0 fully saturated rings. The predicted octanol–water partition coefficient (Wildman–Crippen LogP) is 3.32. The molecule has 0 spiro atoms. The molecular formula is C19H25FN4O. The smallest absolute Gasteiger partial charge is 0.319 e. The van der Waals surface area contributed by atoms with E-state index in [0.717, 1.165) is 11.3 Å². The van der Waals surface area contributed by atoms with Gasteiger partial charge in [0.05, 0.1) is 6.04 Å². The van der Waals surface area contributed by atoms with Crippen LogP contribution in [0.5, 0.6) is 0 Å². The van der Waals surface area contributed by atoms with Crippen LogP contribution in [0.2, 0.25) is 0 Å². The molecule has 2 aromatic rings. The summed E-state index contributed by atoms with van der Waals surface area (Å²) in [5, 5.41) is 5.56. The van der Waals surface area contributed by atoms with E-state index in [-0.39, 0.29) is 17.9 Å². The molecule has 0 aliphatic heterocycles. The lowest BCUT2D eigenvalue weighted by Crippen LogP contribution is -2.36. The summed E-state index contributed by atoms with van der Waals surface area (Å²) in [6.07, 6.45) is 0. The Morgan fingerprint density at radius 3 is 2.12 bits per heavy atom. The van der Waals surface area contributed by atoms with Crippen LogP contribution in [-0.4, -0.2) is 45.7 Å². The number of carbonyl (C=O) groups excluding carboxylic acids is 1. The van der Waals surface area contributed by atoms with E-state index in [2.05, 4.69) is 39.8 Å². The van der Waals surface area contributed by atoms with Crippen LogP contribution in [-0.2, 0) is 0 Å². The first-order valence-electron chi connectivity index (χ1n) is 8.11. The highest BCUT2D eigenvalue weighted by atomic mass is 19.1. The molecule has 2 aromatic carbocycles. The molecule has 134 valence electrons.